The van der Waals surface area contributed by atoms with E-state index in [1.54, 1.807) is 36.1 Å². The molecule has 0 saturated carbocycles. The normalized spacial score (nSPS) is 11.2. The summed E-state index contributed by atoms with van der Waals surface area (Å²) >= 11 is 0. The molecule has 4 rings (SSSR count). The van der Waals surface area contributed by atoms with Gasteiger partial charge in [0.15, 0.2) is 0 Å². The third-order valence-electron chi connectivity index (χ3n) is 4.13. The SMILES string of the molecule is Cc1cc(C=O)cc(F)c1-c1cc2c(-c3cnn(C)c3)n[nH]c2cn1. The fourth-order valence-corrected chi connectivity index (χ4v) is 2.98. The van der Waals surface area contributed by atoms with Crippen LogP contribution in [0, 0.1) is 12.7 Å². The van der Waals surface area contributed by atoms with Crippen molar-refractivity contribution in [3.63, 3.8) is 0 Å². The zero-order valence-electron chi connectivity index (χ0n) is 13.6. The Labute approximate surface area is 142 Å². The predicted molar refractivity (Wildman–Crippen MR) is 91.6 cm³/mol. The van der Waals surface area contributed by atoms with Gasteiger partial charge in [0.2, 0.25) is 0 Å². The minimum Gasteiger partial charge on any atom is -0.298 e. The number of aldehydes is 1. The highest BCUT2D eigenvalue weighted by molar-refractivity contribution is 5.94. The maximum Gasteiger partial charge on any atom is 0.150 e. The number of hydrogen-bond acceptors (Lipinski definition) is 4. The smallest absolute Gasteiger partial charge is 0.150 e. The van der Waals surface area contributed by atoms with Crippen LogP contribution in [-0.4, -0.2) is 31.2 Å². The number of H-pyrrole nitrogens is 1. The zero-order chi connectivity index (χ0) is 17.6. The number of nitrogens with zero attached hydrogens (tertiary/aromatic N) is 4. The van der Waals surface area contributed by atoms with Crippen LogP contribution >= 0.6 is 0 Å². The van der Waals surface area contributed by atoms with E-state index in [2.05, 4.69) is 20.3 Å². The highest BCUT2D eigenvalue weighted by Gasteiger charge is 2.16. The molecule has 0 radical (unpaired) electrons. The van der Waals surface area contributed by atoms with Gasteiger partial charge in [-0.1, -0.05) is 0 Å². The van der Waals surface area contributed by atoms with Crippen molar-refractivity contribution in [3.8, 4) is 22.5 Å². The van der Waals surface area contributed by atoms with Crippen molar-refractivity contribution in [2.24, 2.45) is 7.05 Å². The van der Waals surface area contributed by atoms with E-state index in [1.165, 1.54) is 6.07 Å². The number of nitrogens with one attached hydrogen (secondary N) is 1. The molecular formula is C18H14FN5O. The van der Waals surface area contributed by atoms with Gasteiger partial charge < -0.3 is 0 Å². The van der Waals surface area contributed by atoms with Gasteiger partial charge >= 0.3 is 0 Å². The third kappa shape index (κ3) is 2.50. The van der Waals surface area contributed by atoms with E-state index in [1.807, 2.05) is 13.2 Å². The van der Waals surface area contributed by atoms with Crippen molar-refractivity contribution in [1.29, 1.82) is 0 Å². The molecule has 0 atom stereocenters. The van der Waals surface area contributed by atoms with Gasteiger partial charge in [-0.2, -0.15) is 10.2 Å². The molecule has 3 aromatic heterocycles. The van der Waals surface area contributed by atoms with Gasteiger partial charge in [-0.05, 0) is 30.7 Å². The first kappa shape index (κ1) is 15.2. The number of benzene rings is 1. The monoisotopic (exact) mass is 335 g/mol. The Bertz CT molecular complexity index is 1090. The summed E-state index contributed by atoms with van der Waals surface area (Å²) in [6.07, 6.45) is 5.85. The predicted octanol–water partition coefficient (Wildman–Crippen LogP) is 3.29. The van der Waals surface area contributed by atoms with Gasteiger partial charge in [-0.25, -0.2) is 4.39 Å². The first-order chi connectivity index (χ1) is 12.1. The van der Waals surface area contributed by atoms with Gasteiger partial charge in [0, 0.05) is 35.3 Å². The lowest BCUT2D eigenvalue weighted by Crippen LogP contribution is -1.95. The van der Waals surface area contributed by atoms with Gasteiger partial charge in [0.1, 0.15) is 17.8 Å². The number of rotatable bonds is 3. The van der Waals surface area contributed by atoms with E-state index in [0.717, 1.165) is 22.2 Å². The maximum absolute atomic E-state index is 14.5. The second-order valence-electron chi connectivity index (χ2n) is 5.90. The molecule has 0 aliphatic rings. The molecule has 1 aromatic carbocycles. The summed E-state index contributed by atoms with van der Waals surface area (Å²) in [7, 11) is 1.83. The second-order valence-corrected chi connectivity index (χ2v) is 5.90. The van der Waals surface area contributed by atoms with Crippen LogP contribution in [0.3, 0.4) is 0 Å². The van der Waals surface area contributed by atoms with Crippen LogP contribution in [-0.2, 0) is 7.05 Å². The van der Waals surface area contributed by atoms with Crippen molar-refractivity contribution in [3.05, 3.63) is 53.7 Å². The molecule has 6 nitrogen and oxygen atoms in total. The van der Waals surface area contributed by atoms with Gasteiger partial charge in [-0.15, -0.1) is 0 Å². The van der Waals surface area contributed by atoms with Crippen LogP contribution in [0.25, 0.3) is 33.4 Å². The topological polar surface area (TPSA) is 76.5 Å². The van der Waals surface area contributed by atoms with Gasteiger partial charge in [0.05, 0.1) is 23.6 Å². The molecule has 7 heteroatoms. The van der Waals surface area contributed by atoms with Crippen LogP contribution in [0.5, 0.6) is 0 Å². The number of carbonyl (C=O) groups excluding carboxylic acids is 1. The molecule has 3 heterocycles. The lowest BCUT2D eigenvalue weighted by molar-refractivity contribution is 0.112. The number of aryl methyl sites for hydroxylation is 2. The molecule has 0 aliphatic heterocycles. The van der Waals surface area contributed by atoms with Crippen LogP contribution in [0.1, 0.15) is 15.9 Å². The molecule has 4 aromatic rings. The van der Waals surface area contributed by atoms with Crippen molar-refractivity contribution >= 4 is 17.2 Å². The number of aromatic nitrogens is 5. The fourth-order valence-electron chi connectivity index (χ4n) is 2.98. The Balaban J connectivity index is 1.91. The lowest BCUT2D eigenvalue weighted by Gasteiger charge is -2.08. The number of pyridine rings is 1. The number of halogens is 1. The molecule has 0 fully saturated rings. The Morgan fingerprint density at radius 2 is 2.08 bits per heavy atom. The summed E-state index contributed by atoms with van der Waals surface area (Å²) in [5.41, 5.74) is 4.18. The third-order valence-corrected chi connectivity index (χ3v) is 4.13. The minimum absolute atomic E-state index is 0.305. The first-order valence-electron chi connectivity index (χ1n) is 7.65. The van der Waals surface area contributed by atoms with E-state index in [4.69, 9.17) is 0 Å². The lowest BCUT2D eigenvalue weighted by atomic mass is 10.0. The van der Waals surface area contributed by atoms with Crippen molar-refractivity contribution in [2.45, 2.75) is 6.92 Å². The Morgan fingerprint density at radius 3 is 2.76 bits per heavy atom. The fraction of sp³-hybridized carbons (Fsp3) is 0.111. The molecule has 124 valence electrons. The average molecular weight is 335 g/mol. The summed E-state index contributed by atoms with van der Waals surface area (Å²) in [5, 5.41) is 12.3. The number of aromatic amines is 1. The summed E-state index contributed by atoms with van der Waals surface area (Å²) in [6.45, 7) is 1.76. The van der Waals surface area contributed by atoms with Crippen LogP contribution in [0.15, 0.2) is 36.8 Å². The molecule has 25 heavy (non-hydrogen) atoms. The van der Waals surface area contributed by atoms with E-state index in [9.17, 15) is 9.18 Å². The first-order valence-corrected chi connectivity index (χ1v) is 7.65. The van der Waals surface area contributed by atoms with E-state index >= 15 is 0 Å². The molecule has 0 saturated heterocycles. The molecule has 1 N–H and O–H groups in total. The van der Waals surface area contributed by atoms with Crippen LogP contribution in [0.4, 0.5) is 4.39 Å². The Hall–Kier alpha value is -3.35. The summed E-state index contributed by atoms with van der Waals surface area (Å²) < 4.78 is 16.2. The van der Waals surface area contributed by atoms with Crippen molar-refractivity contribution < 1.29 is 9.18 Å². The molecule has 0 unspecified atom stereocenters. The molecule has 0 spiro atoms. The summed E-state index contributed by atoms with van der Waals surface area (Å²) in [6, 6.07) is 4.67. The standard InChI is InChI=1S/C18H14FN5O/c1-10-3-11(9-25)4-14(19)17(10)15-5-13-16(7-20-15)22-23-18(13)12-6-21-24(2)8-12/h3-9H,1-2H3,(H,22,23). The van der Waals surface area contributed by atoms with Gasteiger partial charge in [-0.3, -0.25) is 19.6 Å². The number of carbonyl (C=O) groups is 1. The van der Waals surface area contributed by atoms with Crippen molar-refractivity contribution in [2.75, 3.05) is 0 Å². The summed E-state index contributed by atoms with van der Waals surface area (Å²) in [5.74, 6) is -0.472. The Morgan fingerprint density at radius 1 is 1.24 bits per heavy atom. The van der Waals surface area contributed by atoms with E-state index in [0.29, 0.717) is 28.7 Å². The molecular weight excluding hydrogens is 321 g/mol. The van der Waals surface area contributed by atoms with Crippen LogP contribution in [0.2, 0.25) is 0 Å². The average Bonchev–Trinajstić information content (AvgIpc) is 3.19. The zero-order valence-corrected chi connectivity index (χ0v) is 13.6. The highest BCUT2D eigenvalue weighted by atomic mass is 19.1. The quantitative estimate of drug-likeness (QED) is 0.583. The van der Waals surface area contributed by atoms with Crippen molar-refractivity contribution in [1.82, 2.24) is 25.0 Å². The number of hydrogen-bond donors (Lipinski definition) is 1. The highest BCUT2D eigenvalue weighted by Crippen LogP contribution is 2.31. The van der Waals surface area contributed by atoms with Crippen LogP contribution < -0.4 is 0 Å². The minimum atomic E-state index is -0.472. The largest absolute Gasteiger partial charge is 0.298 e. The summed E-state index contributed by atoms with van der Waals surface area (Å²) in [4.78, 5) is 15.2. The van der Waals surface area contributed by atoms with E-state index < -0.39 is 5.82 Å². The molecule has 0 aliphatic carbocycles. The second kappa shape index (κ2) is 5.62. The molecule has 0 bridgehead atoms. The van der Waals surface area contributed by atoms with E-state index in [-0.39, 0.29) is 0 Å². The molecule has 0 amide bonds. The Kier molecular flexibility index (Phi) is 3.42. The maximum atomic E-state index is 14.5. The number of fused-ring (bicyclic) bond motifs is 1. The van der Waals surface area contributed by atoms with Gasteiger partial charge in [0.25, 0.3) is 0 Å².